The van der Waals surface area contributed by atoms with Crippen LogP contribution >= 0.6 is 0 Å². The van der Waals surface area contributed by atoms with Gasteiger partial charge in [-0.2, -0.15) is 0 Å². The highest BCUT2D eigenvalue weighted by Crippen LogP contribution is 2.50. The Balaban J connectivity index is 2.05. The molecule has 2 fully saturated rings. The minimum absolute atomic E-state index is 0.0982. The van der Waals surface area contributed by atoms with Crippen molar-refractivity contribution in [1.29, 1.82) is 0 Å². The molecule has 0 aromatic carbocycles. The molecule has 1 aliphatic heterocycles. The van der Waals surface area contributed by atoms with Crippen LogP contribution in [0, 0.1) is 11.8 Å². The summed E-state index contributed by atoms with van der Waals surface area (Å²) < 4.78 is 25.6. The number of alkyl halides is 2. The molecule has 0 aromatic rings. The van der Waals surface area contributed by atoms with Gasteiger partial charge >= 0.3 is 0 Å². The van der Waals surface area contributed by atoms with E-state index in [1.54, 1.807) is 0 Å². The van der Waals surface area contributed by atoms with E-state index >= 15 is 0 Å². The van der Waals surface area contributed by atoms with Crippen molar-refractivity contribution in [2.45, 2.75) is 44.8 Å². The molecule has 0 aromatic heterocycles. The normalized spacial score (nSPS) is 36.9. The molecule has 0 bridgehead atoms. The summed E-state index contributed by atoms with van der Waals surface area (Å²) in [5.41, 5.74) is 0. The van der Waals surface area contributed by atoms with Crippen LogP contribution in [0.25, 0.3) is 0 Å². The third-order valence-electron chi connectivity index (χ3n) is 3.50. The molecule has 92 valence electrons. The number of amides is 1. The van der Waals surface area contributed by atoms with Crippen LogP contribution in [-0.2, 0) is 4.79 Å². The molecule has 1 unspecified atom stereocenters. The number of nitrogens with zero attached hydrogens (tertiary/aromatic N) is 1. The molecule has 0 radical (unpaired) electrons. The number of β-amino-alcohol motifs (C(OH)–C–C–N with tert-alkyl or cyclic N) is 1. The molecule has 1 saturated carbocycles. The van der Waals surface area contributed by atoms with Gasteiger partial charge in [0.15, 0.2) is 0 Å². The summed E-state index contributed by atoms with van der Waals surface area (Å²) in [5, 5.41) is 9.52. The summed E-state index contributed by atoms with van der Waals surface area (Å²) in [4.78, 5) is 13.3. The van der Waals surface area contributed by atoms with E-state index < -0.39 is 23.9 Å². The second kappa shape index (κ2) is 3.65. The molecule has 3 atom stereocenters. The zero-order valence-corrected chi connectivity index (χ0v) is 9.49. The summed E-state index contributed by atoms with van der Waals surface area (Å²) in [5.74, 6) is -4.25. The summed E-state index contributed by atoms with van der Waals surface area (Å²) in [7, 11) is 0. The van der Waals surface area contributed by atoms with Gasteiger partial charge in [-0.15, -0.1) is 0 Å². The van der Waals surface area contributed by atoms with Gasteiger partial charge in [-0.05, 0) is 12.3 Å². The highest BCUT2D eigenvalue weighted by atomic mass is 19.3. The zero-order valence-electron chi connectivity index (χ0n) is 9.49. The third kappa shape index (κ3) is 1.93. The van der Waals surface area contributed by atoms with E-state index in [2.05, 4.69) is 0 Å². The standard InChI is InChI=1S/C11H17F2NO2/c1-6(2)9-3-7(15)5-14(9)10(16)8-4-11(8,12)13/h6-9,15H,3-5H2,1-2H3/t7-,8?,9+/m1/s1. The quantitative estimate of drug-likeness (QED) is 0.780. The summed E-state index contributed by atoms with van der Waals surface area (Å²) in [6, 6.07) is -0.0982. The lowest BCUT2D eigenvalue weighted by Crippen LogP contribution is -2.40. The average molecular weight is 233 g/mol. The molecule has 3 nitrogen and oxygen atoms in total. The van der Waals surface area contributed by atoms with Crippen molar-refractivity contribution in [3.05, 3.63) is 0 Å². The van der Waals surface area contributed by atoms with Crippen LogP contribution in [0.5, 0.6) is 0 Å². The minimum atomic E-state index is -2.81. The van der Waals surface area contributed by atoms with E-state index in [4.69, 9.17) is 0 Å². The minimum Gasteiger partial charge on any atom is -0.391 e. The lowest BCUT2D eigenvalue weighted by molar-refractivity contribution is -0.136. The van der Waals surface area contributed by atoms with Crippen LogP contribution in [0.4, 0.5) is 8.78 Å². The van der Waals surface area contributed by atoms with E-state index in [1.165, 1.54) is 4.90 Å². The molecule has 2 rings (SSSR count). The van der Waals surface area contributed by atoms with E-state index in [0.717, 1.165) is 0 Å². The molecule has 1 saturated heterocycles. The second-order valence-corrected chi connectivity index (χ2v) is 5.21. The first-order valence-electron chi connectivity index (χ1n) is 5.69. The largest absolute Gasteiger partial charge is 0.391 e. The maximum Gasteiger partial charge on any atom is 0.260 e. The van der Waals surface area contributed by atoms with Gasteiger partial charge in [0.05, 0.1) is 6.10 Å². The molecule has 0 spiro atoms. The summed E-state index contributed by atoms with van der Waals surface area (Å²) in [6.07, 6.45) is -0.394. The highest BCUT2D eigenvalue weighted by Gasteiger charge is 2.63. The maximum absolute atomic E-state index is 12.8. The van der Waals surface area contributed by atoms with Crippen LogP contribution < -0.4 is 0 Å². The molecule has 1 aliphatic carbocycles. The van der Waals surface area contributed by atoms with Crippen molar-refractivity contribution in [3.8, 4) is 0 Å². The van der Waals surface area contributed by atoms with Crippen LogP contribution in [0.2, 0.25) is 0 Å². The summed E-state index contributed by atoms with van der Waals surface area (Å²) >= 11 is 0. The number of aliphatic hydroxyl groups is 1. The number of halogens is 2. The maximum atomic E-state index is 12.8. The number of rotatable bonds is 2. The lowest BCUT2D eigenvalue weighted by atomic mass is 10.0. The van der Waals surface area contributed by atoms with Crippen molar-refractivity contribution in [2.24, 2.45) is 11.8 Å². The number of carbonyl (C=O) groups is 1. The monoisotopic (exact) mass is 233 g/mol. The van der Waals surface area contributed by atoms with Gasteiger partial charge in [0.2, 0.25) is 5.91 Å². The van der Waals surface area contributed by atoms with Crippen LogP contribution in [0.15, 0.2) is 0 Å². The first kappa shape index (κ1) is 11.8. The Kier molecular flexibility index (Phi) is 2.69. The zero-order chi connectivity index (χ0) is 12.1. The van der Waals surface area contributed by atoms with E-state index in [-0.39, 0.29) is 24.9 Å². The third-order valence-corrected chi connectivity index (χ3v) is 3.50. The van der Waals surface area contributed by atoms with Gasteiger partial charge in [-0.1, -0.05) is 13.8 Å². The smallest absolute Gasteiger partial charge is 0.260 e. The average Bonchev–Trinajstić information content (AvgIpc) is 2.62. The highest BCUT2D eigenvalue weighted by molar-refractivity contribution is 5.83. The first-order chi connectivity index (χ1) is 7.33. The van der Waals surface area contributed by atoms with Crippen LogP contribution in [0.1, 0.15) is 26.7 Å². The number of likely N-dealkylation sites (tertiary alicyclic amines) is 1. The van der Waals surface area contributed by atoms with Gasteiger partial charge in [0.1, 0.15) is 5.92 Å². The Morgan fingerprint density at radius 3 is 2.50 bits per heavy atom. The van der Waals surface area contributed by atoms with Crippen molar-refractivity contribution >= 4 is 5.91 Å². The predicted molar refractivity (Wildman–Crippen MR) is 54.0 cm³/mol. The number of carbonyl (C=O) groups excluding carboxylic acids is 1. The van der Waals surface area contributed by atoms with Crippen LogP contribution in [-0.4, -0.2) is 40.5 Å². The van der Waals surface area contributed by atoms with Gasteiger partial charge < -0.3 is 10.0 Å². The van der Waals surface area contributed by atoms with Crippen LogP contribution in [0.3, 0.4) is 0 Å². The van der Waals surface area contributed by atoms with E-state index in [0.29, 0.717) is 6.42 Å². The molecule has 1 N–H and O–H groups in total. The van der Waals surface area contributed by atoms with Gasteiger partial charge in [0.25, 0.3) is 5.92 Å². The molecule has 1 heterocycles. The summed E-state index contributed by atoms with van der Waals surface area (Å²) in [6.45, 7) is 4.08. The second-order valence-electron chi connectivity index (χ2n) is 5.21. The van der Waals surface area contributed by atoms with Gasteiger partial charge in [-0.25, -0.2) is 8.78 Å². The Bertz CT molecular complexity index is 306. The number of aliphatic hydroxyl groups excluding tert-OH is 1. The fourth-order valence-electron chi connectivity index (χ4n) is 2.41. The first-order valence-corrected chi connectivity index (χ1v) is 5.69. The van der Waals surface area contributed by atoms with Gasteiger partial charge in [-0.3, -0.25) is 4.79 Å². The van der Waals surface area contributed by atoms with E-state index in [9.17, 15) is 18.7 Å². The Hall–Kier alpha value is -0.710. The van der Waals surface area contributed by atoms with Crippen molar-refractivity contribution in [1.82, 2.24) is 4.90 Å². The topological polar surface area (TPSA) is 40.5 Å². The van der Waals surface area contributed by atoms with Crippen molar-refractivity contribution in [3.63, 3.8) is 0 Å². The molecule has 1 amide bonds. The van der Waals surface area contributed by atoms with Crippen molar-refractivity contribution in [2.75, 3.05) is 6.54 Å². The van der Waals surface area contributed by atoms with E-state index in [1.807, 2.05) is 13.8 Å². The molecule has 16 heavy (non-hydrogen) atoms. The fourth-order valence-corrected chi connectivity index (χ4v) is 2.41. The fraction of sp³-hybridized carbons (Fsp3) is 0.909. The predicted octanol–water partition coefficient (Wildman–Crippen LogP) is 1.26. The molecular formula is C11H17F2NO2. The number of hydrogen-bond donors (Lipinski definition) is 1. The number of hydrogen-bond acceptors (Lipinski definition) is 2. The molecule has 2 aliphatic rings. The SMILES string of the molecule is CC(C)[C@@H]1C[C@@H](O)CN1C(=O)C1CC1(F)F. The van der Waals surface area contributed by atoms with Crippen molar-refractivity contribution < 1.29 is 18.7 Å². The Morgan fingerprint density at radius 2 is 2.06 bits per heavy atom. The Labute approximate surface area is 93.4 Å². The van der Waals surface area contributed by atoms with Gasteiger partial charge in [0, 0.05) is 19.0 Å². The lowest BCUT2D eigenvalue weighted by Gasteiger charge is -2.27. The molecule has 5 heteroatoms. The Morgan fingerprint density at radius 1 is 1.50 bits per heavy atom. The molecular weight excluding hydrogens is 216 g/mol.